The van der Waals surface area contributed by atoms with Crippen LogP contribution in [0.3, 0.4) is 0 Å². The number of fused-ring (bicyclic) bond motifs is 1. The highest BCUT2D eigenvalue weighted by Gasteiger charge is 2.47. The van der Waals surface area contributed by atoms with E-state index in [0.717, 1.165) is 0 Å². The summed E-state index contributed by atoms with van der Waals surface area (Å²) in [6.45, 7) is 1.71. The summed E-state index contributed by atoms with van der Waals surface area (Å²) in [5, 5.41) is 0. The summed E-state index contributed by atoms with van der Waals surface area (Å²) in [5.41, 5.74) is 0. The van der Waals surface area contributed by atoms with Gasteiger partial charge >= 0.3 is 0 Å². The predicted molar refractivity (Wildman–Crippen MR) is 57.0 cm³/mol. The largest absolute Gasteiger partial charge is 0.333 e. The van der Waals surface area contributed by atoms with Crippen molar-refractivity contribution in [1.82, 2.24) is 4.90 Å². The van der Waals surface area contributed by atoms with E-state index in [1.165, 1.54) is 51.4 Å². The molecule has 1 amide bonds. The van der Waals surface area contributed by atoms with Crippen molar-refractivity contribution in [2.45, 2.75) is 70.4 Å². The Kier molecular flexibility index (Phi) is 3.09. The van der Waals surface area contributed by atoms with Gasteiger partial charge in [-0.1, -0.05) is 38.5 Å². The lowest BCUT2D eigenvalue weighted by molar-refractivity contribution is -0.124. The van der Waals surface area contributed by atoms with E-state index in [1.807, 2.05) is 0 Å². The van der Waals surface area contributed by atoms with E-state index in [1.54, 1.807) is 6.92 Å². The fraction of sp³-hybridized carbons (Fsp3) is 0.917. The Bertz CT molecular complexity index is 198. The first-order chi connectivity index (χ1) is 6.80. The van der Waals surface area contributed by atoms with Gasteiger partial charge in [0.25, 0.3) is 0 Å². The molecule has 0 aromatic carbocycles. The Hall–Kier alpha value is -0.530. The van der Waals surface area contributed by atoms with Crippen LogP contribution in [-0.4, -0.2) is 22.9 Å². The summed E-state index contributed by atoms with van der Waals surface area (Å²) in [6.07, 6.45) is 10.7. The molecule has 80 valence electrons. The molecule has 1 aliphatic carbocycles. The fourth-order valence-corrected chi connectivity index (χ4v) is 2.88. The number of amides is 1. The molecule has 2 unspecified atom stereocenters. The van der Waals surface area contributed by atoms with Gasteiger partial charge in [0, 0.05) is 6.92 Å². The highest BCUT2D eigenvalue weighted by molar-refractivity contribution is 5.77. The molecule has 1 aliphatic heterocycles. The third-order valence-corrected chi connectivity index (χ3v) is 3.68. The maximum absolute atomic E-state index is 11.3. The van der Waals surface area contributed by atoms with Crippen molar-refractivity contribution in [2.75, 3.05) is 0 Å². The van der Waals surface area contributed by atoms with Crippen LogP contribution in [0.2, 0.25) is 0 Å². The normalized spacial score (nSPS) is 33.4. The number of hydrogen-bond acceptors (Lipinski definition) is 1. The standard InChI is InChI=1S/C12H21NO/c1-10(14)13-11-8-6-4-2-3-5-7-9-12(11)13/h11-12H,2-9H2,1H3. The monoisotopic (exact) mass is 195 g/mol. The molecule has 2 heteroatoms. The Morgan fingerprint density at radius 1 is 0.929 bits per heavy atom. The lowest BCUT2D eigenvalue weighted by Gasteiger charge is -2.03. The molecule has 0 aromatic rings. The van der Waals surface area contributed by atoms with Crippen molar-refractivity contribution in [3.05, 3.63) is 0 Å². The number of carbonyl (C=O) groups is 1. The average molecular weight is 195 g/mol. The minimum Gasteiger partial charge on any atom is -0.333 e. The van der Waals surface area contributed by atoms with Crippen LogP contribution in [0.4, 0.5) is 0 Å². The molecule has 2 aliphatic rings. The van der Waals surface area contributed by atoms with Gasteiger partial charge in [-0.3, -0.25) is 4.79 Å². The van der Waals surface area contributed by atoms with Gasteiger partial charge in [0.1, 0.15) is 0 Å². The van der Waals surface area contributed by atoms with E-state index in [4.69, 9.17) is 0 Å². The van der Waals surface area contributed by atoms with E-state index in [9.17, 15) is 4.79 Å². The lowest BCUT2D eigenvalue weighted by Crippen LogP contribution is -2.09. The van der Waals surface area contributed by atoms with Gasteiger partial charge in [0.15, 0.2) is 0 Å². The van der Waals surface area contributed by atoms with Crippen molar-refractivity contribution in [3.63, 3.8) is 0 Å². The van der Waals surface area contributed by atoms with Crippen LogP contribution in [-0.2, 0) is 4.79 Å². The smallest absolute Gasteiger partial charge is 0.220 e. The SMILES string of the molecule is CC(=O)N1C2CCCCCCCCC21. The van der Waals surface area contributed by atoms with Gasteiger partial charge in [-0.25, -0.2) is 0 Å². The molecule has 0 bridgehead atoms. The van der Waals surface area contributed by atoms with Gasteiger partial charge in [0.2, 0.25) is 5.91 Å². The molecule has 1 saturated carbocycles. The summed E-state index contributed by atoms with van der Waals surface area (Å²) in [4.78, 5) is 13.4. The molecule has 0 N–H and O–H groups in total. The zero-order valence-electron chi connectivity index (χ0n) is 9.17. The van der Waals surface area contributed by atoms with Crippen LogP contribution >= 0.6 is 0 Å². The molecule has 2 rings (SSSR count). The van der Waals surface area contributed by atoms with Crippen LogP contribution < -0.4 is 0 Å². The van der Waals surface area contributed by atoms with Gasteiger partial charge in [-0.15, -0.1) is 0 Å². The number of carbonyl (C=O) groups excluding carboxylic acids is 1. The van der Waals surface area contributed by atoms with E-state index >= 15 is 0 Å². The average Bonchev–Trinajstić information content (AvgIpc) is 2.85. The molecular formula is C12H21NO. The van der Waals surface area contributed by atoms with Crippen molar-refractivity contribution in [1.29, 1.82) is 0 Å². The summed E-state index contributed by atoms with van der Waals surface area (Å²) in [7, 11) is 0. The maximum atomic E-state index is 11.3. The third kappa shape index (κ3) is 2.10. The maximum Gasteiger partial charge on any atom is 0.220 e. The highest BCUT2D eigenvalue weighted by Crippen LogP contribution is 2.37. The summed E-state index contributed by atoms with van der Waals surface area (Å²) >= 11 is 0. The first-order valence-electron chi connectivity index (χ1n) is 6.09. The third-order valence-electron chi connectivity index (χ3n) is 3.68. The Morgan fingerprint density at radius 3 is 1.79 bits per heavy atom. The Morgan fingerprint density at radius 2 is 1.36 bits per heavy atom. The second-order valence-electron chi connectivity index (χ2n) is 4.76. The van der Waals surface area contributed by atoms with Gasteiger partial charge in [0.05, 0.1) is 12.1 Å². The number of nitrogens with zero attached hydrogens (tertiary/aromatic N) is 1. The molecule has 0 aromatic heterocycles. The molecule has 0 spiro atoms. The molecule has 2 nitrogen and oxygen atoms in total. The topological polar surface area (TPSA) is 20.1 Å². The molecule has 2 atom stereocenters. The van der Waals surface area contributed by atoms with Crippen LogP contribution in [0.25, 0.3) is 0 Å². The van der Waals surface area contributed by atoms with Crippen LogP contribution in [0.5, 0.6) is 0 Å². The predicted octanol–water partition coefficient (Wildman–Crippen LogP) is 2.72. The first-order valence-corrected chi connectivity index (χ1v) is 6.09. The van der Waals surface area contributed by atoms with Crippen molar-refractivity contribution in [2.24, 2.45) is 0 Å². The first kappa shape index (κ1) is 10.0. The van der Waals surface area contributed by atoms with E-state index < -0.39 is 0 Å². The molecule has 2 fully saturated rings. The second-order valence-corrected chi connectivity index (χ2v) is 4.76. The van der Waals surface area contributed by atoms with Crippen LogP contribution in [0.15, 0.2) is 0 Å². The summed E-state index contributed by atoms with van der Waals surface area (Å²) in [5.74, 6) is 0.291. The van der Waals surface area contributed by atoms with E-state index in [0.29, 0.717) is 18.0 Å². The van der Waals surface area contributed by atoms with Crippen LogP contribution in [0, 0.1) is 0 Å². The minimum absolute atomic E-state index is 0.291. The van der Waals surface area contributed by atoms with Crippen molar-refractivity contribution in [3.8, 4) is 0 Å². The second kappa shape index (κ2) is 4.33. The van der Waals surface area contributed by atoms with Gasteiger partial charge < -0.3 is 4.90 Å². The summed E-state index contributed by atoms with van der Waals surface area (Å²) < 4.78 is 0. The molecule has 14 heavy (non-hydrogen) atoms. The van der Waals surface area contributed by atoms with Crippen molar-refractivity contribution < 1.29 is 4.79 Å². The van der Waals surface area contributed by atoms with E-state index in [-0.39, 0.29) is 0 Å². The Labute approximate surface area is 86.7 Å². The Balaban J connectivity index is 1.87. The van der Waals surface area contributed by atoms with Gasteiger partial charge in [-0.05, 0) is 12.8 Å². The van der Waals surface area contributed by atoms with E-state index in [2.05, 4.69) is 4.90 Å². The highest BCUT2D eigenvalue weighted by atomic mass is 16.2. The minimum atomic E-state index is 0.291. The zero-order chi connectivity index (χ0) is 9.97. The molecule has 1 saturated heterocycles. The van der Waals surface area contributed by atoms with Crippen LogP contribution in [0.1, 0.15) is 58.3 Å². The zero-order valence-corrected chi connectivity index (χ0v) is 9.17. The quantitative estimate of drug-likeness (QED) is 0.544. The molecule has 0 radical (unpaired) electrons. The van der Waals surface area contributed by atoms with Gasteiger partial charge in [-0.2, -0.15) is 0 Å². The van der Waals surface area contributed by atoms with Crippen molar-refractivity contribution >= 4 is 5.91 Å². The fourth-order valence-electron chi connectivity index (χ4n) is 2.88. The molecular weight excluding hydrogens is 174 g/mol. The molecule has 1 heterocycles. The summed E-state index contributed by atoms with van der Waals surface area (Å²) in [6, 6.07) is 1.23. The number of hydrogen-bond donors (Lipinski definition) is 0. The number of rotatable bonds is 0. The lowest BCUT2D eigenvalue weighted by atomic mass is 10.0.